The Morgan fingerprint density at radius 3 is 2.47 bits per heavy atom. The third kappa shape index (κ3) is 3.02. The van der Waals surface area contributed by atoms with Crippen molar-refractivity contribution in [1.82, 2.24) is 24.7 Å². The standard InChI is InChI=1S/C19H11ClN6O3S/c20-11-5-3-4-10(8-11)15-22-23-19-26(15)24-18(30-19)21-14(27)9-25-16(28)12-6-1-2-7-13(12)17(25)29/h1-8H,9H2,(H,21,24,27). The normalized spacial score (nSPS) is 13.2. The predicted molar refractivity (Wildman–Crippen MR) is 110 cm³/mol. The first-order valence-electron chi connectivity index (χ1n) is 8.74. The van der Waals surface area contributed by atoms with Crippen LogP contribution in [0.5, 0.6) is 0 Å². The number of imide groups is 1. The van der Waals surface area contributed by atoms with Crippen LogP contribution in [0.15, 0.2) is 48.5 Å². The zero-order valence-electron chi connectivity index (χ0n) is 15.1. The summed E-state index contributed by atoms with van der Waals surface area (Å²) in [7, 11) is 0. The van der Waals surface area contributed by atoms with Crippen LogP contribution in [0.3, 0.4) is 0 Å². The Balaban J connectivity index is 1.35. The maximum atomic E-state index is 12.5. The van der Waals surface area contributed by atoms with E-state index in [1.807, 2.05) is 6.07 Å². The average molecular weight is 439 g/mol. The molecule has 0 radical (unpaired) electrons. The van der Waals surface area contributed by atoms with Crippen molar-refractivity contribution in [2.24, 2.45) is 0 Å². The molecular formula is C19H11ClN6O3S. The van der Waals surface area contributed by atoms with Crippen molar-refractivity contribution in [1.29, 1.82) is 0 Å². The van der Waals surface area contributed by atoms with E-state index < -0.39 is 24.3 Å². The number of amides is 3. The van der Waals surface area contributed by atoms with Gasteiger partial charge >= 0.3 is 0 Å². The first-order valence-corrected chi connectivity index (χ1v) is 9.94. The molecule has 3 amide bonds. The second-order valence-electron chi connectivity index (χ2n) is 6.43. The number of benzene rings is 2. The molecular weight excluding hydrogens is 428 g/mol. The monoisotopic (exact) mass is 438 g/mol. The van der Waals surface area contributed by atoms with Gasteiger partial charge < -0.3 is 0 Å². The molecule has 0 atom stereocenters. The Morgan fingerprint density at radius 2 is 1.77 bits per heavy atom. The molecule has 1 aliphatic heterocycles. The van der Waals surface area contributed by atoms with Gasteiger partial charge in [0.2, 0.25) is 16.0 Å². The van der Waals surface area contributed by atoms with E-state index in [0.29, 0.717) is 26.9 Å². The molecule has 9 nitrogen and oxygen atoms in total. The number of anilines is 1. The van der Waals surface area contributed by atoms with Crippen LogP contribution in [-0.4, -0.2) is 49.0 Å². The summed E-state index contributed by atoms with van der Waals surface area (Å²) in [6.45, 7) is -0.409. The summed E-state index contributed by atoms with van der Waals surface area (Å²) < 4.78 is 1.49. The fourth-order valence-electron chi connectivity index (χ4n) is 3.16. The highest BCUT2D eigenvalue weighted by Gasteiger charge is 2.36. The molecule has 0 saturated heterocycles. The molecule has 0 aliphatic carbocycles. The molecule has 2 aromatic heterocycles. The Hall–Kier alpha value is -3.63. The van der Waals surface area contributed by atoms with Crippen LogP contribution < -0.4 is 5.32 Å². The lowest BCUT2D eigenvalue weighted by molar-refractivity contribution is -0.116. The molecule has 148 valence electrons. The lowest BCUT2D eigenvalue weighted by atomic mass is 10.1. The van der Waals surface area contributed by atoms with Gasteiger partial charge in [0.15, 0.2) is 5.82 Å². The Morgan fingerprint density at radius 1 is 1.03 bits per heavy atom. The van der Waals surface area contributed by atoms with E-state index in [-0.39, 0.29) is 5.13 Å². The largest absolute Gasteiger partial charge is 0.299 e. The van der Waals surface area contributed by atoms with Gasteiger partial charge in [-0.3, -0.25) is 24.6 Å². The molecule has 11 heteroatoms. The lowest BCUT2D eigenvalue weighted by Crippen LogP contribution is -2.37. The molecule has 0 saturated carbocycles. The molecule has 0 fully saturated rings. The van der Waals surface area contributed by atoms with Gasteiger partial charge in [-0.25, -0.2) is 0 Å². The minimum atomic E-state index is -0.543. The van der Waals surface area contributed by atoms with Crippen molar-refractivity contribution in [2.75, 3.05) is 11.9 Å². The van der Waals surface area contributed by atoms with Gasteiger partial charge in [0.1, 0.15) is 6.54 Å². The zero-order valence-corrected chi connectivity index (χ0v) is 16.6. The maximum Gasteiger partial charge on any atom is 0.262 e. The van der Waals surface area contributed by atoms with Crippen LogP contribution >= 0.6 is 22.9 Å². The highest BCUT2D eigenvalue weighted by Crippen LogP contribution is 2.26. The van der Waals surface area contributed by atoms with Crippen molar-refractivity contribution in [3.8, 4) is 11.4 Å². The second-order valence-corrected chi connectivity index (χ2v) is 7.82. The van der Waals surface area contributed by atoms with Gasteiger partial charge in [-0.1, -0.05) is 47.2 Å². The van der Waals surface area contributed by atoms with Gasteiger partial charge in [0.25, 0.3) is 11.8 Å². The molecule has 0 bridgehead atoms. The van der Waals surface area contributed by atoms with Gasteiger partial charge in [-0.15, -0.1) is 15.3 Å². The predicted octanol–water partition coefficient (Wildman–Crippen LogP) is 2.74. The molecule has 1 N–H and O–H groups in total. The van der Waals surface area contributed by atoms with Crippen LogP contribution in [0.2, 0.25) is 5.02 Å². The summed E-state index contributed by atoms with van der Waals surface area (Å²) in [6, 6.07) is 13.6. The first-order chi connectivity index (χ1) is 14.5. The molecule has 1 aliphatic rings. The molecule has 0 unspecified atom stereocenters. The summed E-state index contributed by atoms with van der Waals surface area (Å²) in [5.74, 6) is -1.05. The number of hydrogen-bond acceptors (Lipinski definition) is 7. The van der Waals surface area contributed by atoms with Crippen molar-refractivity contribution >= 4 is 50.8 Å². The fraction of sp³-hybridized carbons (Fsp3) is 0.0526. The summed E-state index contributed by atoms with van der Waals surface area (Å²) in [5.41, 5.74) is 1.31. The number of hydrogen-bond donors (Lipinski definition) is 1. The minimum absolute atomic E-state index is 0.268. The summed E-state index contributed by atoms with van der Waals surface area (Å²) in [5, 5.41) is 15.9. The van der Waals surface area contributed by atoms with Crippen molar-refractivity contribution in [3.05, 3.63) is 64.7 Å². The van der Waals surface area contributed by atoms with Crippen LogP contribution in [0.25, 0.3) is 16.3 Å². The van der Waals surface area contributed by atoms with Gasteiger partial charge in [-0.2, -0.15) is 4.52 Å². The van der Waals surface area contributed by atoms with E-state index in [9.17, 15) is 14.4 Å². The van der Waals surface area contributed by atoms with Crippen LogP contribution in [0.4, 0.5) is 5.13 Å². The van der Waals surface area contributed by atoms with Gasteiger partial charge in [0.05, 0.1) is 11.1 Å². The van der Waals surface area contributed by atoms with E-state index in [0.717, 1.165) is 21.8 Å². The number of aromatic nitrogens is 4. The van der Waals surface area contributed by atoms with Gasteiger partial charge in [0, 0.05) is 10.6 Å². The van der Waals surface area contributed by atoms with Gasteiger partial charge in [-0.05, 0) is 24.3 Å². The fourth-order valence-corrected chi connectivity index (χ4v) is 4.11. The summed E-state index contributed by atoms with van der Waals surface area (Å²) in [6.07, 6.45) is 0. The Bertz CT molecular complexity index is 1310. The maximum absolute atomic E-state index is 12.5. The van der Waals surface area contributed by atoms with Crippen LogP contribution in [0, 0.1) is 0 Å². The van der Waals surface area contributed by atoms with Crippen LogP contribution in [0.1, 0.15) is 20.7 Å². The third-order valence-corrected chi connectivity index (χ3v) is 5.55. The number of nitrogens with one attached hydrogen (secondary N) is 1. The number of rotatable bonds is 4. The number of carbonyl (C=O) groups is 3. The molecule has 0 spiro atoms. The highest BCUT2D eigenvalue weighted by atomic mass is 35.5. The van der Waals surface area contributed by atoms with Crippen molar-refractivity contribution in [2.45, 2.75) is 0 Å². The molecule has 30 heavy (non-hydrogen) atoms. The third-order valence-electron chi connectivity index (χ3n) is 4.50. The van der Waals surface area contributed by atoms with E-state index >= 15 is 0 Å². The number of fused-ring (bicyclic) bond motifs is 2. The summed E-state index contributed by atoms with van der Waals surface area (Å²) in [4.78, 5) is 38.6. The average Bonchev–Trinajstić information content (AvgIpc) is 3.37. The smallest absolute Gasteiger partial charge is 0.262 e. The minimum Gasteiger partial charge on any atom is -0.299 e. The van der Waals surface area contributed by atoms with E-state index in [4.69, 9.17) is 11.6 Å². The topological polar surface area (TPSA) is 110 Å². The van der Waals surface area contributed by atoms with E-state index in [2.05, 4.69) is 20.6 Å². The Labute approximate surface area is 177 Å². The molecule has 5 rings (SSSR count). The van der Waals surface area contributed by atoms with Crippen molar-refractivity contribution < 1.29 is 14.4 Å². The lowest BCUT2D eigenvalue weighted by Gasteiger charge is -2.12. The molecule has 2 aromatic carbocycles. The van der Waals surface area contributed by atoms with E-state index in [1.165, 1.54) is 4.52 Å². The number of nitrogens with zero attached hydrogens (tertiary/aromatic N) is 5. The second kappa shape index (κ2) is 7.01. The summed E-state index contributed by atoms with van der Waals surface area (Å²) >= 11 is 7.15. The zero-order chi connectivity index (χ0) is 20.8. The first kappa shape index (κ1) is 18.4. The van der Waals surface area contributed by atoms with Crippen molar-refractivity contribution in [3.63, 3.8) is 0 Å². The number of halogens is 1. The number of carbonyl (C=O) groups excluding carboxylic acids is 3. The SMILES string of the molecule is O=C(CN1C(=O)c2ccccc2C1=O)Nc1nn2c(-c3cccc(Cl)c3)nnc2s1. The molecule has 3 heterocycles. The quantitative estimate of drug-likeness (QED) is 0.490. The van der Waals surface area contributed by atoms with Crippen LogP contribution in [-0.2, 0) is 4.79 Å². The molecule has 4 aromatic rings. The van der Waals surface area contributed by atoms with E-state index in [1.54, 1.807) is 42.5 Å². The highest BCUT2D eigenvalue weighted by molar-refractivity contribution is 7.20. The Kier molecular flexibility index (Phi) is 4.30.